The molecule has 0 atom stereocenters. The van der Waals surface area contributed by atoms with E-state index in [0.717, 1.165) is 56.6 Å². The predicted molar refractivity (Wildman–Crippen MR) is 125 cm³/mol. The number of carbonyl (C=O) groups is 1. The number of hydrogen-bond donors (Lipinski definition) is 1. The van der Waals surface area contributed by atoms with E-state index in [1.165, 1.54) is 38.8 Å². The summed E-state index contributed by atoms with van der Waals surface area (Å²) < 4.78 is 5.49. The third kappa shape index (κ3) is 6.39. The molecule has 1 N–H and O–H groups in total. The van der Waals surface area contributed by atoms with E-state index in [0.29, 0.717) is 18.3 Å². The van der Waals surface area contributed by atoms with Crippen LogP contribution in [0.2, 0.25) is 0 Å². The van der Waals surface area contributed by atoms with E-state index in [2.05, 4.69) is 38.2 Å². The average molecular weight is 440 g/mol. The standard InChI is InChI=1S/C25H37N5O2/c1-20-9-4-5-10-22(20)24-27-23(32-28-24)19-30-17-11-21(12-18-30)25(31)26-13-8-16-29-14-6-2-3-7-15-29/h4-5,9-10,21H,2-3,6-8,11-19H2,1H3,(H,26,31). The van der Waals surface area contributed by atoms with Gasteiger partial charge in [0.2, 0.25) is 17.6 Å². The van der Waals surface area contributed by atoms with Crippen molar-refractivity contribution in [2.45, 2.75) is 58.4 Å². The minimum atomic E-state index is 0.120. The second-order valence-corrected chi connectivity index (χ2v) is 9.28. The molecular weight excluding hydrogens is 402 g/mol. The quantitative estimate of drug-likeness (QED) is 0.633. The fourth-order valence-electron chi connectivity index (χ4n) is 4.82. The molecule has 1 aromatic carbocycles. The van der Waals surface area contributed by atoms with Crippen LogP contribution in [0.3, 0.4) is 0 Å². The smallest absolute Gasteiger partial charge is 0.241 e. The van der Waals surface area contributed by atoms with Crippen LogP contribution in [0.5, 0.6) is 0 Å². The van der Waals surface area contributed by atoms with Gasteiger partial charge in [-0.3, -0.25) is 9.69 Å². The van der Waals surface area contributed by atoms with Crippen molar-refractivity contribution in [3.05, 3.63) is 35.7 Å². The zero-order chi connectivity index (χ0) is 22.2. The Morgan fingerprint density at radius 1 is 1.06 bits per heavy atom. The Morgan fingerprint density at radius 3 is 2.56 bits per heavy atom. The summed E-state index contributed by atoms with van der Waals surface area (Å²) >= 11 is 0. The van der Waals surface area contributed by atoms with Crippen molar-refractivity contribution in [2.75, 3.05) is 39.3 Å². The Kier molecular flexibility index (Phi) is 8.29. The van der Waals surface area contributed by atoms with Gasteiger partial charge in [-0.1, -0.05) is 42.3 Å². The Hall–Kier alpha value is -2.25. The summed E-state index contributed by atoms with van der Waals surface area (Å²) in [6.45, 7) is 8.80. The van der Waals surface area contributed by atoms with Gasteiger partial charge < -0.3 is 14.7 Å². The minimum Gasteiger partial charge on any atom is -0.356 e. The summed E-state index contributed by atoms with van der Waals surface area (Å²) in [5, 5.41) is 7.33. The number of benzene rings is 1. The van der Waals surface area contributed by atoms with Crippen molar-refractivity contribution < 1.29 is 9.32 Å². The van der Waals surface area contributed by atoms with E-state index in [1.54, 1.807) is 0 Å². The molecule has 7 heteroatoms. The number of hydrogen-bond acceptors (Lipinski definition) is 6. The molecule has 0 aliphatic carbocycles. The number of aryl methyl sites for hydroxylation is 1. The fraction of sp³-hybridized carbons (Fsp3) is 0.640. The maximum atomic E-state index is 12.6. The lowest BCUT2D eigenvalue weighted by Crippen LogP contribution is -2.41. The summed E-state index contributed by atoms with van der Waals surface area (Å²) in [7, 11) is 0. The predicted octanol–water partition coefficient (Wildman–Crippen LogP) is 3.64. The highest BCUT2D eigenvalue weighted by Crippen LogP contribution is 2.22. The molecule has 2 saturated heterocycles. The number of nitrogens with zero attached hydrogens (tertiary/aromatic N) is 4. The van der Waals surface area contributed by atoms with Gasteiger partial charge in [0.05, 0.1) is 6.54 Å². The van der Waals surface area contributed by atoms with Gasteiger partial charge in [-0.15, -0.1) is 0 Å². The fourth-order valence-corrected chi connectivity index (χ4v) is 4.82. The van der Waals surface area contributed by atoms with Crippen molar-refractivity contribution in [1.82, 2.24) is 25.3 Å². The third-order valence-electron chi connectivity index (χ3n) is 6.82. The number of rotatable bonds is 8. The first-order chi connectivity index (χ1) is 15.7. The zero-order valence-corrected chi connectivity index (χ0v) is 19.4. The number of aromatic nitrogens is 2. The van der Waals surface area contributed by atoms with Crippen LogP contribution in [0.15, 0.2) is 28.8 Å². The van der Waals surface area contributed by atoms with Crippen molar-refractivity contribution in [2.24, 2.45) is 5.92 Å². The lowest BCUT2D eigenvalue weighted by molar-refractivity contribution is -0.126. The van der Waals surface area contributed by atoms with Gasteiger partial charge in [0.1, 0.15) is 0 Å². The molecule has 1 aromatic heterocycles. The SMILES string of the molecule is Cc1ccccc1-c1noc(CN2CCC(C(=O)NCCCN3CCCCCC3)CC2)n1. The molecule has 4 rings (SSSR count). The second kappa shape index (κ2) is 11.6. The van der Waals surface area contributed by atoms with Crippen molar-refractivity contribution in [1.29, 1.82) is 0 Å². The van der Waals surface area contributed by atoms with E-state index >= 15 is 0 Å². The Morgan fingerprint density at radius 2 is 1.81 bits per heavy atom. The summed E-state index contributed by atoms with van der Waals surface area (Å²) in [5.41, 5.74) is 2.15. The molecule has 3 heterocycles. The topological polar surface area (TPSA) is 74.5 Å². The highest BCUT2D eigenvalue weighted by atomic mass is 16.5. The van der Waals surface area contributed by atoms with Crippen molar-refractivity contribution in [3.8, 4) is 11.4 Å². The molecule has 2 aliphatic heterocycles. The summed E-state index contributed by atoms with van der Waals surface area (Å²) in [5.74, 6) is 1.63. The van der Waals surface area contributed by atoms with Crippen molar-refractivity contribution in [3.63, 3.8) is 0 Å². The lowest BCUT2D eigenvalue weighted by Gasteiger charge is -2.30. The molecule has 0 radical (unpaired) electrons. The molecule has 0 saturated carbocycles. The number of likely N-dealkylation sites (tertiary alicyclic amines) is 2. The lowest BCUT2D eigenvalue weighted by atomic mass is 9.96. The van der Waals surface area contributed by atoms with Crippen LogP contribution >= 0.6 is 0 Å². The van der Waals surface area contributed by atoms with Gasteiger partial charge in [-0.05, 0) is 77.3 Å². The third-order valence-corrected chi connectivity index (χ3v) is 6.82. The van der Waals surface area contributed by atoms with E-state index in [1.807, 2.05) is 18.2 Å². The van der Waals surface area contributed by atoms with Gasteiger partial charge in [-0.25, -0.2) is 0 Å². The first-order valence-corrected chi connectivity index (χ1v) is 12.3. The molecule has 2 aliphatic rings. The van der Waals surface area contributed by atoms with Crippen LogP contribution < -0.4 is 5.32 Å². The van der Waals surface area contributed by atoms with Gasteiger partial charge in [-0.2, -0.15) is 4.98 Å². The number of nitrogens with one attached hydrogen (secondary N) is 1. The monoisotopic (exact) mass is 439 g/mol. The van der Waals surface area contributed by atoms with E-state index in [9.17, 15) is 4.79 Å². The van der Waals surface area contributed by atoms with Gasteiger partial charge >= 0.3 is 0 Å². The molecule has 2 fully saturated rings. The molecule has 0 spiro atoms. The number of carbonyl (C=O) groups excluding carboxylic acids is 1. The maximum absolute atomic E-state index is 12.6. The van der Waals surface area contributed by atoms with Crippen LogP contribution in [0, 0.1) is 12.8 Å². The second-order valence-electron chi connectivity index (χ2n) is 9.28. The maximum Gasteiger partial charge on any atom is 0.241 e. The molecule has 0 bridgehead atoms. The van der Waals surface area contributed by atoms with Crippen LogP contribution in [0.1, 0.15) is 56.4 Å². The largest absolute Gasteiger partial charge is 0.356 e. The van der Waals surface area contributed by atoms with Crippen LogP contribution in [-0.2, 0) is 11.3 Å². The molecule has 1 amide bonds. The van der Waals surface area contributed by atoms with Crippen LogP contribution in [0.25, 0.3) is 11.4 Å². The van der Waals surface area contributed by atoms with Gasteiger partial charge in [0.25, 0.3) is 0 Å². The van der Waals surface area contributed by atoms with E-state index < -0.39 is 0 Å². The number of amides is 1. The van der Waals surface area contributed by atoms with E-state index in [-0.39, 0.29) is 11.8 Å². The molecule has 7 nitrogen and oxygen atoms in total. The molecule has 0 unspecified atom stereocenters. The highest BCUT2D eigenvalue weighted by molar-refractivity contribution is 5.78. The van der Waals surface area contributed by atoms with E-state index in [4.69, 9.17) is 4.52 Å². The minimum absolute atomic E-state index is 0.120. The highest BCUT2D eigenvalue weighted by Gasteiger charge is 2.26. The average Bonchev–Trinajstić information content (AvgIpc) is 3.11. The first kappa shape index (κ1) is 22.9. The molecule has 174 valence electrons. The summed E-state index contributed by atoms with van der Waals surface area (Å²) in [6.07, 6.45) is 8.19. The summed E-state index contributed by atoms with van der Waals surface area (Å²) in [6, 6.07) is 8.07. The first-order valence-electron chi connectivity index (χ1n) is 12.3. The van der Waals surface area contributed by atoms with Gasteiger partial charge in [0, 0.05) is 18.0 Å². The summed E-state index contributed by atoms with van der Waals surface area (Å²) in [4.78, 5) is 22.0. The molecular formula is C25H37N5O2. The molecule has 2 aromatic rings. The normalized spacial score (nSPS) is 19.0. The Balaban J connectivity index is 1.15. The Bertz CT molecular complexity index is 852. The zero-order valence-electron chi connectivity index (χ0n) is 19.4. The van der Waals surface area contributed by atoms with Crippen molar-refractivity contribution >= 4 is 5.91 Å². The Labute approximate surface area is 191 Å². The van der Waals surface area contributed by atoms with Crippen LogP contribution in [-0.4, -0.2) is 65.1 Å². The molecule has 32 heavy (non-hydrogen) atoms. The van der Waals surface area contributed by atoms with Crippen LogP contribution in [0.4, 0.5) is 0 Å². The number of piperidine rings is 1. The van der Waals surface area contributed by atoms with Gasteiger partial charge in [0.15, 0.2) is 0 Å².